The molecule has 0 saturated heterocycles. The van der Waals surface area contributed by atoms with Gasteiger partial charge in [0.25, 0.3) is 0 Å². The number of rotatable bonds is 9. The Kier molecular flexibility index (Phi) is 7.05. The summed E-state index contributed by atoms with van der Waals surface area (Å²) >= 11 is 1.64. The topological polar surface area (TPSA) is 29.4 Å². The quantitative estimate of drug-likeness (QED) is 0.395. The lowest BCUT2D eigenvalue weighted by Gasteiger charge is -2.11. The first-order chi connectivity index (χ1) is 13.5. The first-order valence-corrected chi connectivity index (χ1v) is 10.6. The van der Waals surface area contributed by atoms with E-state index < -0.39 is 0 Å². The number of ether oxygens (including phenoxy) is 1. The summed E-state index contributed by atoms with van der Waals surface area (Å²) in [5, 5.41) is 1.34. The van der Waals surface area contributed by atoms with E-state index in [4.69, 9.17) is 4.74 Å². The van der Waals surface area contributed by atoms with E-state index in [1.54, 1.807) is 19.2 Å². The molecule has 3 aromatic rings. The van der Waals surface area contributed by atoms with Crippen LogP contribution in [0.2, 0.25) is 0 Å². The largest absolute Gasteiger partial charge is 0.496 e. The van der Waals surface area contributed by atoms with Gasteiger partial charge in [-0.2, -0.15) is 0 Å². The Morgan fingerprint density at radius 3 is 2.64 bits per heavy atom. The number of nitrogens with one attached hydrogen (secondary N) is 1. The molecular formula is C23H31N3OS. The lowest BCUT2D eigenvalue weighted by Crippen LogP contribution is -2.15. The van der Waals surface area contributed by atoms with Crippen molar-refractivity contribution in [2.24, 2.45) is 5.92 Å². The van der Waals surface area contributed by atoms with Gasteiger partial charge in [0.15, 0.2) is 0 Å². The second-order valence-electron chi connectivity index (χ2n) is 7.68. The second-order valence-corrected chi connectivity index (χ2v) is 8.88. The maximum absolute atomic E-state index is 5.58. The van der Waals surface area contributed by atoms with Crippen LogP contribution in [0.15, 0.2) is 48.7 Å². The molecule has 0 atom stereocenters. The standard InChI is InChI=1S/C23H31N3OS/c1-17(2)15-26-16-19(12-13-24-28-25(3)4)20-11-10-18(14-22(20)26)21-8-6-7-9-23(21)27-5/h6-11,14,16-17,24H,12-13,15H2,1-5H3. The van der Waals surface area contributed by atoms with Crippen molar-refractivity contribution in [1.82, 2.24) is 13.6 Å². The molecule has 0 spiro atoms. The van der Waals surface area contributed by atoms with Gasteiger partial charge < -0.3 is 9.30 Å². The molecule has 3 rings (SSSR count). The Balaban J connectivity index is 1.96. The molecule has 0 aliphatic carbocycles. The van der Waals surface area contributed by atoms with Crippen molar-refractivity contribution < 1.29 is 4.74 Å². The molecule has 0 fully saturated rings. The van der Waals surface area contributed by atoms with Gasteiger partial charge in [0.05, 0.1) is 7.11 Å². The van der Waals surface area contributed by atoms with Crippen molar-refractivity contribution in [2.45, 2.75) is 26.8 Å². The summed E-state index contributed by atoms with van der Waals surface area (Å²) in [7, 11) is 5.83. The van der Waals surface area contributed by atoms with Gasteiger partial charge in [-0.3, -0.25) is 4.72 Å². The molecule has 150 valence electrons. The van der Waals surface area contributed by atoms with Gasteiger partial charge in [-0.1, -0.05) is 44.2 Å². The van der Waals surface area contributed by atoms with E-state index in [2.05, 4.69) is 64.0 Å². The highest BCUT2D eigenvalue weighted by Gasteiger charge is 2.13. The fourth-order valence-corrected chi connectivity index (χ4v) is 3.97. The van der Waals surface area contributed by atoms with Crippen LogP contribution < -0.4 is 9.46 Å². The van der Waals surface area contributed by atoms with E-state index in [9.17, 15) is 0 Å². The molecule has 5 heteroatoms. The molecule has 1 N–H and O–H groups in total. The van der Waals surface area contributed by atoms with Crippen LogP contribution in [0.5, 0.6) is 5.75 Å². The van der Waals surface area contributed by atoms with E-state index in [0.29, 0.717) is 5.92 Å². The van der Waals surface area contributed by atoms with Crippen molar-refractivity contribution in [2.75, 3.05) is 27.7 Å². The third-order valence-electron chi connectivity index (χ3n) is 4.69. The number of benzene rings is 2. The molecule has 0 aliphatic rings. The van der Waals surface area contributed by atoms with Crippen LogP contribution in [0.25, 0.3) is 22.0 Å². The summed E-state index contributed by atoms with van der Waals surface area (Å²) in [6.07, 6.45) is 3.34. The summed E-state index contributed by atoms with van der Waals surface area (Å²) in [4.78, 5) is 0. The zero-order valence-electron chi connectivity index (χ0n) is 17.5. The number of methoxy groups -OCH3 is 1. The number of hydrogen-bond acceptors (Lipinski definition) is 4. The summed E-state index contributed by atoms with van der Waals surface area (Å²) in [5.74, 6) is 1.51. The highest BCUT2D eigenvalue weighted by Crippen LogP contribution is 2.33. The zero-order valence-corrected chi connectivity index (χ0v) is 18.3. The molecule has 2 aromatic carbocycles. The molecular weight excluding hydrogens is 366 g/mol. The van der Waals surface area contributed by atoms with Crippen molar-refractivity contribution in [3.05, 3.63) is 54.2 Å². The molecule has 0 saturated carbocycles. The van der Waals surface area contributed by atoms with E-state index in [-0.39, 0.29) is 0 Å². The lowest BCUT2D eigenvalue weighted by atomic mass is 10.0. The molecule has 0 unspecified atom stereocenters. The van der Waals surface area contributed by atoms with Gasteiger partial charge in [-0.15, -0.1) is 0 Å². The summed E-state index contributed by atoms with van der Waals surface area (Å²) in [6, 6.07) is 15.0. The Morgan fingerprint density at radius 2 is 1.93 bits per heavy atom. The van der Waals surface area contributed by atoms with Gasteiger partial charge in [0.1, 0.15) is 5.75 Å². The first-order valence-electron chi connectivity index (χ1n) is 9.82. The van der Waals surface area contributed by atoms with Crippen LogP contribution in [0.3, 0.4) is 0 Å². The summed E-state index contributed by atoms with van der Waals surface area (Å²) in [6.45, 7) is 6.50. The van der Waals surface area contributed by atoms with E-state index in [1.807, 2.05) is 26.2 Å². The maximum atomic E-state index is 5.58. The smallest absolute Gasteiger partial charge is 0.126 e. The molecule has 4 nitrogen and oxygen atoms in total. The number of para-hydroxylation sites is 1. The fourth-order valence-electron chi connectivity index (χ4n) is 3.52. The van der Waals surface area contributed by atoms with Crippen molar-refractivity contribution in [1.29, 1.82) is 0 Å². The molecule has 1 aromatic heterocycles. The van der Waals surface area contributed by atoms with Gasteiger partial charge in [-0.05, 0) is 49.7 Å². The average Bonchev–Trinajstić information content (AvgIpc) is 3.01. The van der Waals surface area contributed by atoms with E-state index in [1.165, 1.54) is 22.0 Å². The van der Waals surface area contributed by atoms with E-state index >= 15 is 0 Å². The predicted molar refractivity (Wildman–Crippen MR) is 122 cm³/mol. The van der Waals surface area contributed by atoms with Gasteiger partial charge in [0, 0.05) is 47.9 Å². The molecule has 0 radical (unpaired) electrons. The highest BCUT2D eigenvalue weighted by atomic mass is 32.2. The van der Waals surface area contributed by atoms with Crippen LogP contribution >= 0.6 is 12.1 Å². The highest BCUT2D eigenvalue weighted by molar-refractivity contribution is 7.95. The van der Waals surface area contributed by atoms with Gasteiger partial charge in [0.2, 0.25) is 0 Å². The Labute approximate surface area is 173 Å². The predicted octanol–water partition coefficient (Wildman–Crippen LogP) is 5.23. The molecule has 0 aliphatic heterocycles. The van der Waals surface area contributed by atoms with Crippen LogP contribution in [0.1, 0.15) is 19.4 Å². The number of nitrogens with zero attached hydrogens (tertiary/aromatic N) is 2. The average molecular weight is 398 g/mol. The molecule has 0 bridgehead atoms. The van der Waals surface area contributed by atoms with Crippen LogP contribution in [0.4, 0.5) is 0 Å². The summed E-state index contributed by atoms with van der Waals surface area (Å²) < 4.78 is 13.5. The van der Waals surface area contributed by atoms with Crippen LogP contribution in [0, 0.1) is 5.92 Å². The second kappa shape index (κ2) is 9.50. The lowest BCUT2D eigenvalue weighted by molar-refractivity contribution is 0.416. The number of fused-ring (bicyclic) bond motifs is 1. The van der Waals surface area contributed by atoms with Gasteiger partial charge in [-0.25, -0.2) is 4.31 Å². The Morgan fingerprint density at radius 1 is 1.14 bits per heavy atom. The third kappa shape index (κ3) is 4.90. The first kappa shape index (κ1) is 20.8. The molecule has 28 heavy (non-hydrogen) atoms. The molecule has 0 amide bonds. The molecule has 1 heterocycles. The minimum absolute atomic E-state index is 0.598. The monoisotopic (exact) mass is 397 g/mol. The number of aromatic nitrogens is 1. The van der Waals surface area contributed by atoms with Gasteiger partial charge >= 0.3 is 0 Å². The zero-order chi connectivity index (χ0) is 20.1. The number of hydrogen-bond donors (Lipinski definition) is 1. The third-order valence-corrected chi connectivity index (χ3v) is 5.39. The van der Waals surface area contributed by atoms with Crippen molar-refractivity contribution in [3.8, 4) is 16.9 Å². The van der Waals surface area contributed by atoms with Crippen molar-refractivity contribution >= 4 is 23.0 Å². The van der Waals surface area contributed by atoms with Crippen LogP contribution in [-0.2, 0) is 13.0 Å². The minimum atomic E-state index is 0.598. The fraction of sp³-hybridized carbons (Fsp3) is 0.391. The van der Waals surface area contributed by atoms with Crippen LogP contribution in [-0.4, -0.2) is 36.6 Å². The van der Waals surface area contributed by atoms with E-state index in [0.717, 1.165) is 30.8 Å². The maximum Gasteiger partial charge on any atom is 0.126 e. The Hall–Kier alpha value is -1.95. The van der Waals surface area contributed by atoms with Crippen molar-refractivity contribution in [3.63, 3.8) is 0 Å². The Bertz CT molecular complexity index is 917. The summed E-state index contributed by atoms with van der Waals surface area (Å²) in [5.41, 5.74) is 5.03. The minimum Gasteiger partial charge on any atom is -0.496 e. The SMILES string of the molecule is COc1ccccc1-c1ccc2c(CCNSN(C)C)cn(CC(C)C)c2c1. The normalized spacial score (nSPS) is 11.7.